The molecule has 5 aromatic rings. The number of tetrazole rings is 1. The Bertz CT molecular complexity index is 1540. The molecule has 0 saturated carbocycles. The molecule has 0 amide bonds. The summed E-state index contributed by atoms with van der Waals surface area (Å²) >= 11 is 1.69. The number of nitrogens with zero attached hydrogens (tertiary/aromatic N) is 5. The van der Waals surface area contributed by atoms with Gasteiger partial charge in [0.1, 0.15) is 25.5 Å². The summed E-state index contributed by atoms with van der Waals surface area (Å²) in [6, 6.07) is 13.5. The second-order valence-corrected chi connectivity index (χ2v) is 9.92. The van der Waals surface area contributed by atoms with Gasteiger partial charge in [-0.15, -0.1) is 16.4 Å². The van der Waals surface area contributed by atoms with E-state index in [2.05, 4.69) is 43.8 Å². The van der Waals surface area contributed by atoms with E-state index in [-0.39, 0.29) is 11.6 Å². The number of H-pyrrole nitrogens is 1. The van der Waals surface area contributed by atoms with Gasteiger partial charge in [0.25, 0.3) is 5.56 Å². The van der Waals surface area contributed by atoms with Crippen molar-refractivity contribution in [3.63, 3.8) is 0 Å². The molecule has 10 nitrogen and oxygen atoms in total. The Morgan fingerprint density at radius 2 is 2.00 bits per heavy atom. The first-order valence-electron chi connectivity index (χ1n) is 12.2. The lowest BCUT2D eigenvalue weighted by atomic mass is 10.1. The number of nitrogens with one attached hydrogen (secondary N) is 1. The predicted molar refractivity (Wildman–Crippen MR) is 138 cm³/mol. The molecule has 0 aliphatic carbocycles. The van der Waals surface area contributed by atoms with E-state index in [1.54, 1.807) is 22.3 Å². The van der Waals surface area contributed by atoms with Crippen LogP contribution in [-0.4, -0.2) is 43.3 Å². The summed E-state index contributed by atoms with van der Waals surface area (Å²) in [6.07, 6.45) is 2.40. The monoisotopic (exact) mass is 518 g/mol. The number of rotatable bonds is 9. The number of ether oxygens (including phenoxy) is 2. The van der Waals surface area contributed by atoms with E-state index < -0.39 is 0 Å². The number of pyridine rings is 1. The van der Waals surface area contributed by atoms with E-state index in [0.29, 0.717) is 49.9 Å². The zero-order chi connectivity index (χ0) is 25.2. The molecule has 6 rings (SSSR count). The highest BCUT2D eigenvalue weighted by Crippen LogP contribution is 2.34. The molecule has 0 spiro atoms. The Balaban J connectivity index is 1.36. The SMILES string of the molecule is CCC(c1nnnn1Cc1ccco1)N(Cc1cccs1)Cc1cc2cc3c(cc2[nH]c1=O)OCCO3. The second kappa shape index (κ2) is 10.2. The van der Waals surface area contributed by atoms with E-state index >= 15 is 0 Å². The summed E-state index contributed by atoms with van der Waals surface area (Å²) in [5.74, 6) is 2.84. The molecule has 1 unspecified atom stereocenters. The van der Waals surface area contributed by atoms with Gasteiger partial charge in [-0.2, -0.15) is 0 Å². The lowest BCUT2D eigenvalue weighted by molar-refractivity contribution is 0.162. The molecular weight excluding hydrogens is 492 g/mol. The fraction of sp³-hybridized carbons (Fsp3) is 0.308. The van der Waals surface area contributed by atoms with Crippen molar-refractivity contribution in [2.75, 3.05) is 13.2 Å². The Labute approximate surface area is 216 Å². The number of furan rings is 1. The van der Waals surface area contributed by atoms with Crippen LogP contribution >= 0.6 is 11.3 Å². The number of fused-ring (bicyclic) bond motifs is 2. The molecule has 1 aliphatic heterocycles. The maximum absolute atomic E-state index is 13.2. The minimum Gasteiger partial charge on any atom is -0.486 e. The first-order chi connectivity index (χ1) is 18.2. The molecule has 0 saturated heterocycles. The van der Waals surface area contributed by atoms with E-state index in [9.17, 15) is 4.79 Å². The molecule has 1 aliphatic rings. The zero-order valence-corrected chi connectivity index (χ0v) is 21.1. The van der Waals surface area contributed by atoms with Crippen LogP contribution < -0.4 is 15.0 Å². The third-order valence-electron chi connectivity index (χ3n) is 6.47. The summed E-state index contributed by atoms with van der Waals surface area (Å²) < 4.78 is 18.7. The van der Waals surface area contributed by atoms with Gasteiger partial charge < -0.3 is 18.9 Å². The largest absolute Gasteiger partial charge is 0.486 e. The highest BCUT2D eigenvalue weighted by atomic mass is 32.1. The van der Waals surface area contributed by atoms with E-state index in [4.69, 9.17) is 13.9 Å². The molecule has 5 heterocycles. The quantitative estimate of drug-likeness (QED) is 0.310. The molecule has 0 radical (unpaired) electrons. The fourth-order valence-corrected chi connectivity index (χ4v) is 5.45. The highest BCUT2D eigenvalue weighted by molar-refractivity contribution is 7.09. The Kier molecular flexibility index (Phi) is 6.46. The molecule has 37 heavy (non-hydrogen) atoms. The van der Waals surface area contributed by atoms with Crippen LogP contribution in [0.3, 0.4) is 0 Å². The summed E-state index contributed by atoms with van der Waals surface area (Å²) in [7, 11) is 0. The number of aromatic amines is 1. The summed E-state index contributed by atoms with van der Waals surface area (Å²) in [6.45, 7) is 4.62. The van der Waals surface area contributed by atoms with Crippen molar-refractivity contribution in [2.24, 2.45) is 0 Å². The zero-order valence-electron chi connectivity index (χ0n) is 20.3. The van der Waals surface area contributed by atoms with Crippen LogP contribution in [0.2, 0.25) is 0 Å². The Hall–Kier alpha value is -3.96. The van der Waals surface area contributed by atoms with Gasteiger partial charge in [-0.05, 0) is 52.6 Å². The van der Waals surface area contributed by atoms with Gasteiger partial charge in [-0.1, -0.05) is 13.0 Å². The van der Waals surface area contributed by atoms with Gasteiger partial charge >= 0.3 is 0 Å². The van der Waals surface area contributed by atoms with Crippen molar-refractivity contribution < 1.29 is 13.9 Å². The molecule has 0 fully saturated rings. The van der Waals surface area contributed by atoms with Crippen LogP contribution in [0, 0.1) is 0 Å². The Morgan fingerprint density at radius 3 is 2.76 bits per heavy atom. The van der Waals surface area contributed by atoms with Crippen LogP contribution in [0.5, 0.6) is 11.5 Å². The van der Waals surface area contributed by atoms with Gasteiger partial charge in [0, 0.05) is 35.0 Å². The van der Waals surface area contributed by atoms with Crippen LogP contribution in [0.25, 0.3) is 10.9 Å². The van der Waals surface area contributed by atoms with Crippen molar-refractivity contribution in [2.45, 2.75) is 39.0 Å². The van der Waals surface area contributed by atoms with Crippen molar-refractivity contribution in [1.29, 1.82) is 0 Å². The lowest BCUT2D eigenvalue weighted by Gasteiger charge is -2.29. The van der Waals surface area contributed by atoms with E-state index in [1.807, 2.05) is 36.4 Å². The van der Waals surface area contributed by atoms with Crippen molar-refractivity contribution in [3.8, 4) is 11.5 Å². The highest BCUT2D eigenvalue weighted by Gasteiger charge is 2.27. The van der Waals surface area contributed by atoms with Crippen LogP contribution in [0.4, 0.5) is 0 Å². The third-order valence-corrected chi connectivity index (χ3v) is 7.33. The third kappa shape index (κ3) is 4.87. The summed E-state index contributed by atoms with van der Waals surface area (Å²) in [5, 5.41) is 15.5. The van der Waals surface area contributed by atoms with Crippen LogP contribution in [-0.2, 0) is 19.6 Å². The molecular formula is C26H26N6O4S. The predicted octanol–water partition coefficient (Wildman–Crippen LogP) is 4.14. The Morgan fingerprint density at radius 1 is 1.14 bits per heavy atom. The molecule has 0 bridgehead atoms. The van der Waals surface area contributed by atoms with Crippen molar-refractivity contribution in [3.05, 3.63) is 86.5 Å². The molecule has 1 atom stereocenters. The number of thiophene rings is 1. The van der Waals surface area contributed by atoms with Gasteiger partial charge in [0.05, 0.1) is 17.8 Å². The summed E-state index contributed by atoms with van der Waals surface area (Å²) in [4.78, 5) is 19.7. The molecule has 4 aromatic heterocycles. The van der Waals surface area contributed by atoms with Crippen LogP contribution in [0.1, 0.15) is 41.4 Å². The number of aromatic nitrogens is 5. The molecule has 11 heteroatoms. The molecule has 1 N–H and O–H groups in total. The normalized spacial score (nSPS) is 13.9. The average Bonchev–Trinajstić information content (AvgIpc) is 3.69. The van der Waals surface area contributed by atoms with Gasteiger partial charge in [-0.25, -0.2) is 4.68 Å². The lowest BCUT2D eigenvalue weighted by Crippen LogP contribution is -2.32. The average molecular weight is 519 g/mol. The number of hydrogen-bond acceptors (Lipinski definition) is 9. The van der Waals surface area contributed by atoms with Crippen molar-refractivity contribution >= 4 is 22.2 Å². The maximum Gasteiger partial charge on any atom is 0.252 e. The van der Waals surface area contributed by atoms with E-state index in [1.165, 1.54) is 4.88 Å². The topological polar surface area (TPSA) is 111 Å². The number of hydrogen-bond donors (Lipinski definition) is 1. The van der Waals surface area contributed by atoms with Gasteiger partial charge in [0.2, 0.25) is 0 Å². The standard InChI is InChI=1S/C26H26N6O4S/c1-2-22(25-28-29-30-32(25)15-19-5-3-7-34-19)31(16-20-6-4-10-37-20)14-18-11-17-12-23-24(36-9-8-35-23)13-21(17)27-26(18)33/h3-7,10-13,22H,2,8-9,14-16H2,1H3,(H,27,33). The first kappa shape index (κ1) is 23.4. The first-order valence-corrected chi connectivity index (χ1v) is 13.1. The minimum atomic E-state index is -0.134. The van der Waals surface area contributed by atoms with E-state index in [0.717, 1.165) is 28.9 Å². The van der Waals surface area contributed by atoms with Gasteiger partial charge in [0.15, 0.2) is 17.3 Å². The smallest absolute Gasteiger partial charge is 0.252 e. The summed E-state index contributed by atoms with van der Waals surface area (Å²) in [5.41, 5.74) is 1.24. The maximum atomic E-state index is 13.2. The molecule has 190 valence electrons. The van der Waals surface area contributed by atoms with Crippen molar-refractivity contribution in [1.82, 2.24) is 30.1 Å². The second-order valence-electron chi connectivity index (χ2n) is 8.89. The van der Waals surface area contributed by atoms with Gasteiger partial charge in [-0.3, -0.25) is 9.69 Å². The fourth-order valence-electron chi connectivity index (χ4n) is 4.72. The van der Waals surface area contributed by atoms with Crippen LogP contribution in [0.15, 0.2) is 63.3 Å². The number of benzene rings is 1. The molecule has 1 aromatic carbocycles. The minimum absolute atomic E-state index is 0.123.